The summed E-state index contributed by atoms with van der Waals surface area (Å²) in [6, 6.07) is 7.48. The van der Waals surface area contributed by atoms with Crippen molar-refractivity contribution in [1.82, 2.24) is 4.72 Å². The molecule has 1 aromatic rings. The molecule has 0 radical (unpaired) electrons. The van der Waals surface area contributed by atoms with Gasteiger partial charge in [-0.3, -0.25) is 0 Å². The van der Waals surface area contributed by atoms with Crippen molar-refractivity contribution in [1.29, 1.82) is 0 Å². The maximum atomic E-state index is 11.8. The zero-order valence-electron chi connectivity index (χ0n) is 10.3. The molecule has 2 N–H and O–H groups in total. The van der Waals surface area contributed by atoms with Crippen molar-refractivity contribution in [3.8, 4) is 0 Å². The molecular weight excluding hydrogens is 250 g/mol. The van der Waals surface area contributed by atoms with Crippen LogP contribution in [-0.2, 0) is 9.53 Å². The summed E-state index contributed by atoms with van der Waals surface area (Å²) >= 11 is 0. The third-order valence-electron chi connectivity index (χ3n) is 2.54. The van der Waals surface area contributed by atoms with E-state index in [1.807, 2.05) is 30.5 Å². The maximum Gasteiger partial charge on any atom is 0.359 e. The standard InChI is InChI=1S/C13H15NO3S/c1-3-17-13(16)11-12(15)9-7-5-6-8-10(9)18(4-2)14-11/h4-8,14-15H,3H2,1-2H3. The van der Waals surface area contributed by atoms with Crippen LogP contribution in [0.15, 0.2) is 34.9 Å². The van der Waals surface area contributed by atoms with E-state index in [0.717, 1.165) is 4.90 Å². The van der Waals surface area contributed by atoms with Gasteiger partial charge in [0.25, 0.3) is 0 Å². The first kappa shape index (κ1) is 12.7. The maximum absolute atomic E-state index is 11.8. The molecule has 0 bridgehead atoms. The molecule has 0 saturated heterocycles. The summed E-state index contributed by atoms with van der Waals surface area (Å²) in [5, 5.41) is 12.1. The van der Waals surface area contributed by atoms with Crippen LogP contribution in [-0.4, -0.2) is 23.1 Å². The van der Waals surface area contributed by atoms with Gasteiger partial charge < -0.3 is 14.6 Å². The van der Waals surface area contributed by atoms with Crippen LogP contribution in [0.1, 0.15) is 19.4 Å². The largest absolute Gasteiger partial charge is 0.505 e. The second-order valence-corrected chi connectivity index (χ2v) is 5.41. The molecule has 1 aromatic carbocycles. The number of fused-ring (bicyclic) bond motifs is 1. The van der Waals surface area contributed by atoms with Crippen LogP contribution in [0.4, 0.5) is 0 Å². The summed E-state index contributed by atoms with van der Waals surface area (Å²) in [6.45, 7) is 3.93. The lowest BCUT2D eigenvalue weighted by atomic mass is 10.1. The predicted molar refractivity (Wildman–Crippen MR) is 73.4 cm³/mol. The van der Waals surface area contributed by atoms with E-state index in [0.29, 0.717) is 5.56 Å². The van der Waals surface area contributed by atoms with Crippen LogP contribution in [0.5, 0.6) is 0 Å². The number of hydrogen-bond donors (Lipinski definition) is 2. The van der Waals surface area contributed by atoms with Crippen molar-refractivity contribution in [2.45, 2.75) is 18.7 Å². The molecule has 1 unspecified atom stereocenters. The van der Waals surface area contributed by atoms with Gasteiger partial charge in [0.2, 0.25) is 0 Å². The Bertz CT molecular complexity index is 549. The first-order valence-electron chi connectivity index (χ1n) is 5.68. The molecule has 96 valence electrons. The SMILES string of the molecule is C/C=S1/NC(C(=O)OCC)=C(O)c2ccccc21. The van der Waals surface area contributed by atoms with Gasteiger partial charge in [-0.25, -0.2) is 4.79 Å². The molecular formula is C13H15NO3S. The molecule has 1 atom stereocenters. The number of carbonyl (C=O) groups excluding carboxylic acids is 1. The summed E-state index contributed by atoms with van der Waals surface area (Å²) in [7, 11) is -0.395. The van der Waals surface area contributed by atoms with Crippen molar-refractivity contribution < 1.29 is 14.6 Å². The highest BCUT2D eigenvalue weighted by Gasteiger charge is 2.25. The summed E-state index contributed by atoms with van der Waals surface area (Å²) in [5.41, 5.74) is 0.817. The van der Waals surface area contributed by atoms with Crippen LogP contribution in [0.2, 0.25) is 0 Å². The van der Waals surface area contributed by atoms with Gasteiger partial charge in [0.1, 0.15) is 0 Å². The topological polar surface area (TPSA) is 58.6 Å². The van der Waals surface area contributed by atoms with Gasteiger partial charge >= 0.3 is 5.97 Å². The minimum atomic E-state index is -0.524. The average Bonchev–Trinajstić information content (AvgIpc) is 2.40. The van der Waals surface area contributed by atoms with Crippen molar-refractivity contribution in [2.75, 3.05) is 6.61 Å². The van der Waals surface area contributed by atoms with Gasteiger partial charge in [0, 0.05) is 10.5 Å². The lowest BCUT2D eigenvalue weighted by Crippen LogP contribution is -2.24. The lowest BCUT2D eigenvalue weighted by molar-refractivity contribution is -0.138. The molecule has 1 aliphatic rings. The van der Waals surface area contributed by atoms with Gasteiger partial charge in [-0.1, -0.05) is 28.9 Å². The average molecular weight is 265 g/mol. The molecule has 0 spiro atoms. The number of benzene rings is 1. The molecule has 1 heterocycles. The summed E-state index contributed by atoms with van der Waals surface area (Å²) < 4.78 is 7.95. The summed E-state index contributed by atoms with van der Waals surface area (Å²) in [6.07, 6.45) is 0. The Labute approximate surface area is 108 Å². The molecule has 0 fully saturated rings. The first-order valence-corrected chi connectivity index (χ1v) is 6.96. The van der Waals surface area contributed by atoms with Crippen molar-refractivity contribution in [3.05, 3.63) is 35.5 Å². The van der Waals surface area contributed by atoms with Crippen LogP contribution in [0.3, 0.4) is 0 Å². The molecule has 0 aliphatic carbocycles. The second kappa shape index (κ2) is 5.27. The van der Waals surface area contributed by atoms with E-state index in [-0.39, 0.29) is 18.1 Å². The van der Waals surface area contributed by atoms with Gasteiger partial charge in [0.05, 0.1) is 6.61 Å². The van der Waals surface area contributed by atoms with Gasteiger partial charge in [-0.05, 0) is 25.3 Å². The number of ether oxygens (including phenoxy) is 1. The smallest absolute Gasteiger partial charge is 0.359 e. The number of rotatable bonds is 2. The quantitative estimate of drug-likeness (QED) is 0.637. The number of esters is 1. The third-order valence-corrected chi connectivity index (χ3v) is 4.27. The van der Waals surface area contributed by atoms with E-state index >= 15 is 0 Å². The zero-order valence-corrected chi connectivity index (χ0v) is 11.1. The Hall–Kier alpha value is -1.75. The van der Waals surface area contributed by atoms with Gasteiger partial charge in [-0.2, -0.15) is 0 Å². The van der Waals surface area contributed by atoms with Crippen LogP contribution in [0.25, 0.3) is 5.76 Å². The molecule has 18 heavy (non-hydrogen) atoms. The highest BCUT2D eigenvalue weighted by atomic mass is 32.2. The normalized spacial score (nSPS) is 18.2. The Morgan fingerprint density at radius 3 is 2.89 bits per heavy atom. The summed E-state index contributed by atoms with van der Waals surface area (Å²) in [5.74, 6) is -0.571. The van der Waals surface area contributed by atoms with E-state index in [1.54, 1.807) is 13.0 Å². The Morgan fingerprint density at radius 1 is 1.50 bits per heavy atom. The molecule has 0 saturated carbocycles. The molecule has 0 aromatic heterocycles. The third kappa shape index (κ3) is 2.13. The highest BCUT2D eigenvalue weighted by molar-refractivity contribution is 8.13. The fraction of sp³-hybridized carbons (Fsp3) is 0.231. The Balaban J connectivity index is 2.54. The van der Waals surface area contributed by atoms with Gasteiger partial charge in [-0.15, -0.1) is 0 Å². The number of nitrogens with one attached hydrogen (secondary N) is 1. The Kier molecular flexibility index (Phi) is 3.72. The number of aliphatic hydroxyl groups is 1. The van der Waals surface area contributed by atoms with E-state index in [9.17, 15) is 9.90 Å². The van der Waals surface area contributed by atoms with Crippen LogP contribution >= 0.6 is 10.7 Å². The molecule has 2 rings (SSSR count). The van der Waals surface area contributed by atoms with E-state index in [4.69, 9.17) is 4.74 Å². The number of carbonyl (C=O) groups is 1. The first-order chi connectivity index (χ1) is 8.69. The molecule has 0 amide bonds. The minimum absolute atomic E-state index is 0.0466. The fourth-order valence-corrected chi connectivity index (χ4v) is 3.24. The highest BCUT2D eigenvalue weighted by Crippen LogP contribution is 2.36. The number of aliphatic hydroxyl groups excluding tert-OH is 1. The summed E-state index contributed by atoms with van der Waals surface area (Å²) in [4.78, 5) is 12.7. The second-order valence-electron chi connectivity index (χ2n) is 3.62. The number of hydrogen-bond acceptors (Lipinski definition) is 4. The fourth-order valence-electron chi connectivity index (χ4n) is 1.73. The molecule has 4 nitrogen and oxygen atoms in total. The Morgan fingerprint density at radius 2 is 2.22 bits per heavy atom. The molecule has 5 heteroatoms. The minimum Gasteiger partial charge on any atom is -0.505 e. The van der Waals surface area contributed by atoms with Crippen molar-refractivity contribution >= 4 is 27.8 Å². The van der Waals surface area contributed by atoms with E-state index in [1.165, 1.54) is 0 Å². The van der Waals surface area contributed by atoms with Crippen LogP contribution in [0, 0.1) is 0 Å². The lowest BCUT2D eigenvalue weighted by Gasteiger charge is -2.23. The van der Waals surface area contributed by atoms with Crippen molar-refractivity contribution in [2.24, 2.45) is 0 Å². The zero-order chi connectivity index (χ0) is 13.1. The molecule has 1 aliphatic heterocycles. The van der Waals surface area contributed by atoms with Crippen molar-refractivity contribution in [3.63, 3.8) is 0 Å². The predicted octanol–water partition coefficient (Wildman–Crippen LogP) is 2.44. The van der Waals surface area contributed by atoms with Gasteiger partial charge in [0.15, 0.2) is 11.5 Å². The van der Waals surface area contributed by atoms with Crippen LogP contribution < -0.4 is 4.72 Å². The van der Waals surface area contributed by atoms with E-state index < -0.39 is 16.6 Å². The van der Waals surface area contributed by atoms with E-state index in [2.05, 4.69) is 4.72 Å². The monoisotopic (exact) mass is 265 g/mol.